The summed E-state index contributed by atoms with van der Waals surface area (Å²) < 4.78 is 5.82. The second-order valence-electron chi connectivity index (χ2n) is 8.42. The van der Waals surface area contributed by atoms with E-state index in [1.165, 1.54) is 5.56 Å². The number of benzene rings is 2. The first-order valence-corrected chi connectivity index (χ1v) is 10.7. The van der Waals surface area contributed by atoms with Crippen molar-refractivity contribution in [2.75, 3.05) is 13.7 Å². The number of fused-ring (bicyclic) bond motifs is 1. The van der Waals surface area contributed by atoms with Crippen LogP contribution in [-0.4, -0.2) is 29.6 Å². The third kappa shape index (κ3) is 4.44. The van der Waals surface area contributed by atoms with E-state index in [1.807, 2.05) is 57.3 Å². The number of carbonyl (C=O) groups excluding carboxylic acids is 1. The van der Waals surface area contributed by atoms with Crippen LogP contribution in [0.25, 0.3) is 0 Å². The monoisotopic (exact) mass is 407 g/mol. The van der Waals surface area contributed by atoms with Crippen LogP contribution in [0.2, 0.25) is 0 Å². The smallest absolute Gasteiger partial charge is 0.225 e. The number of aryl methyl sites for hydroxylation is 1. The molecule has 0 saturated heterocycles. The van der Waals surface area contributed by atoms with Gasteiger partial charge >= 0.3 is 0 Å². The Morgan fingerprint density at radius 1 is 1.33 bits per heavy atom. The average Bonchev–Trinajstić information content (AvgIpc) is 2.74. The Morgan fingerprint density at radius 2 is 2.03 bits per heavy atom. The minimum absolute atomic E-state index is 0.0693. The molecule has 0 spiro atoms. The van der Waals surface area contributed by atoms with Crippen molar-refractivity contribution in [2.24, 2.45) is 11.8 Å². The van der Waals surface area contributed by atoms with Crippen LogP contribution in [0.5, 0.6) is 5.75 Å². The minimum atomic E-state index is -0.677. The molecule has 30 heavy (non-hydrogen) atoms. The number of hydrogen-bond acceptors (Lipinski definition) is 3. The number of carbonyl (C=O) groups is 1. The van der Waals surface area contributed by atoms with Crippen LogP contribution in [0.15, 0.2) is 49.1 Å². The summed E-state index contributed by atoms with van der Waals surface area (Å²) in [4.78, 5) is 14.9. The van der Waals surface area contributed by atoms with Gasteiger partial charge in [-0.3, -0.25) is 4.79 Å². The van der Waals surface area contributed by atoms with Gasteiger partial charge in [0.2, 0.25) is 5.91 Å². The lowest BCUT2D eigenvalue weighted by Crippen LogP contribution is -2.38. The molecule has 0 aromatic heterocycles. The third-order valence-electron chi connectivity index (χ3n) is 6.38. The molecular formula is C26H33NO3. The van der Waals surface area contributed by atoms with Gasteiger partial charge < -0.3 is 14.7 Å². The minimum Gasteiger partial charge on any atom is -0.489 e. The first-order valence-electron chi connectivity index (χ1n) is 10.7. The van der Waals surface area contributed by atoms with Crippen LogP contribution < -0.4 is 4.74 Å². The Bertz CT molecular complexity index is 906. The van der Waals surface area contributed by atoms with E-state index in [2.05, 4.69) is 13.5 Å². The summed E-state index contributed by atoms with van der Waals surface area (Å²) in [6.45, 7) is 10.7. The van der Waals surface area contributed by atoms with Crippen molar-refractivity contribution < 1.29 is 14.6 Å². The fourth-order valence-corrected chi connectivity index (χ4v) is 4.67. The van der Waals surface area contributed by atoms with Crippen LogP contribution in [0.3, 0.4) is 0 Å². The van der Waals surface area contributed by atoms with Gasteiger partial charge in [0.1, 0.15) is 12.4 Å². The lowest BCUT2D eigenvalue weighted by atomic mass is 9.72. The van der Waals surface area contributed by atoms with Crippen LogP contribution in [0, 0.1) is 25.7 Å². The van der Waals surface area contributed by atoms with E-state index in [4.69, 9.17) is 4.74 Å². The largest absolute Gasteiger partial charge is 0.489 e. The molecule has 1 N–H and O–H groups in total. The van der Waals surface area contributed by atoms with Gasteiger partial charge in [0, 0.05) is 25.4 Å². The van der Waals surface area contributed by atoms with Crippen molar-refractivity contribution in [3.8, 4) is 5.75 Å². The molecule has 1 aliphatic rings. The number of hydrogen-bond donors (Lipinski definition) is 1. The molecule has 0 bridgehead atoms. The molecule has 2 aromatic rings. The first kappa shape index (κ1) is 22.1. The van der Waals surface area contributed by atoms with Crippen molar-refractivity contribution in [3.05, 3.63) is 76.9 Å². The maximum absolute atomic E-state index is 13.1. The van der Waals surface area contributed by atoms with E-state index in [0.29, 0.717) is 13.2 Å². The van der Waals surface area contributed by atoms with Gasteiger partial charge in [-0.15, -0.1) is 0 Å². The predicted molar refractivity (Wildman–Crippen MR) is 120 cm³/mol. The first-order chi connectivity index (χ1) is 14.3. The summed E-state index contributed by atoms with van der Waals surface area (Å²) in [6.07, 6.45) is 2.71. The summed E-state index contributed by atoms with van der Waals surface area (Å²) in [7, 11) is 1.84. The molecule has 1 aliphatic carbocycles. The highest BCUT2D eigenvalue weighted by molar-refractivity contribution is 5.78. The van der Waals surface area contributed by atoms with Crippen LogP contribution in [0.4, 0.5) is 0 Å². The lowest BCUT2D eigenvalue weighted by Gasteiger charge is -2.37. The molecule has 160 valence electrons. The van der Waals surface area contributed by atoms with E-state index in [1.54, 1.807) is 11.0 Å². The molecule has 0 fully saturated rings. The number of nitrogens with zero attached hydrogens (tertiary/aromatic N) is 1. The van der Waals surface area contributed by atoms with Crippen molar-refractivity contribution in [1.29, 1.82) is 0 Å². The summed E-state index contributed by atoms with van der Waals surface area (Å²) in [5.74, 6) is 0.473. The summed E-state index contributed by atoms with van der Waals surface area (Å²) >= 11 is 0. The zero-order chi connectivity index (χ0) is 21.8. The molecular weight excluding hydrogens is 374 g/mol. The fourth-order valence-electron chi connectivity index (χ4n) is 4.67. The van der Waals surface area contributed by atoms with Gasteiger partial charge in [-0.25, -0.2) is 0 Å². The van der Waals surface area contributed by atoms with Gasteiger partial charge in [0.05, 0.1) is 6.10 Å². The predicted octanol–water partition coefficient (Wildman–Crippen LogP) is 4.76. The van der Waals surface area contributed by atoms with Crippen LogP contribution in [0.1, 0.15) is 47.3 Å². The van der Waals surface area contributed by atoms with E-state index >= 15 is 0 Å². The van der Waals surface area contributed by atoms with Gasteiger partial charge in [-0.1, -0.05) is 49.9 Å². The molecule has 4 nitrogen and oxygen atoms in total. The lowest BCUT2D eigenvalue weighted by molar-refractivity contribution is -0.138. The standard InChI is InChI=1S/C26H33NO3/c1-6-14-30-23-15-17(2)21-12-13-22(25(28)24(21)19(23)4)18(3)26(29)27(5)16-20-10-8-7-9-11-20/h6-11,15,18,22,25,28H,1,12-14,16H2,2-5H3. The Balaban J connectivity index is 1.81. The van der Waals surface area contributed by atoms with E-state index < -0.39 is 6.10 Å². The molecule has 0 aliphatic heterocycles. The molecule has 0 radical (unpaired) electrons. The van der Waals surface area contributed by atoms with Crippen molar-refractivity contribution in [1.82, 2.24) is 4.90 Å². The van der Waals surface area contributed by atoms with Gasteiger partial charge in [-0.05, 0) is 60.6 Å². The molecule has 0 saturated carbocycles. The summed E-state index contributed by atoms with van der Waals surface area (Å²) in [5, 5.41) is 11.3. The highest BCUT2D eigenvalue weighted by Crippen LogP contribution is 2.44. The van der Waals surface area contributed by atoms with Crippen molar-refractivity contribution in [3.63, 3.8) is 0 Å². The van der Waals surface area contributed by atoms with Crippen LogP contribution in [-0.2, 0) is 17.8 Å². The number of rotatable bonds is 7. The zero-order valence-corrected chi connectivity index (χ0v) is 18.5. The molecule has 4 heteroatoms. The number of aliphatic hydroxyl groups excluding tert-OH is 1. The van der Waals surface area contributed by atoms with Crippen LogP contribution >= 0.6 is 0 Å². The molecule has 0 heterocycles. The van der Waals surface area contributed by atoms with E-state index in [9.17, 15) is 9.90 Å². The summed E-state index contributed by atoms with van der Waals surface area (Å²) in [5.41, 5.74) is 5.33. The SMILES string of the molecule is C=CCOc1cc(C)c2c(c1C)C(O)C(C(C)C(=O)N(C)Cc1ccccc1)CC2. The molecule has 2 aromatic carbocycles. The van der Waals surface area contributed by atoms with Crippen molar-refractivity contribution in [2.45, 2.75) is 46.3 Å². The quantitative estimate of drug-likeness (QED) is 0.674. The normalized spacial score (nSPS) is 19.0. The Morgan fingerprint density at radius 3 is 2.70 bits per heavy atom. The highest BCUT2D eigenvalue weighted by Gasteiger charge is 2.38. The fraction of sp³-hybridized carbons (Fsp3) is 0.423. The summed E-state index contributed by atoms with van der Waals surface area (Å²) in [6, 6.07) is 12.0. The highest BCUT2D eigenvalue weighted by atomic mass is 16.5. The molecule has 1 amide bonds. The Labute approximate surface area is 180 Å². The Kier molecular flexibility index (Phi) is 6.99. The van der Waals surface area contributed by atoms with Gasteiger partial charge in [0.25, 0.3) is 0 Å². The average molecular weight is 408 g/mol. The maximum Gasteiger partial charge on any atom is 0.225 e. The number of ether oxygens (including phenoxy) is 1. The molecule has 3 rings (SSSR count). The van der Waals surface area contributed by atoms with E-state index in [0.717, 1.165) is 40.8 Å². The Hall–Kier alpha value is -2.59. The molecule has 3 unspecified atom stereocenters. The topological polar surface area (TPSA) is 49.8 Å². The molecule has 3 atom stereocenters. The second kappa shape index (κ2) is 9.48. The zero-order valence-electron chi connectivity index (χ0n) is 18.5. The maximum atomic E-state index is 13.1. The van der Waals surface area contributed by atoms with E-state index in [-0.39, 0.29) is 17.7 Å². The number of aliphatic hydroxyl groups is 1. The van der Waals surface area contributed by atoms with Gasteiger partial charge in [0.15, 0.2) is 0 Å². The third-order valence-corrected chi connectivity index (χ3v) is 6.38. The second-order valence-corrected chi connectivity index (χ2v) is 8.42. The number of amides is 1. The van der Waals surface area contributed by atoms with Crippen molar-refractivity contribution >= 4 is 5.91 Å². The van der Waals surface area contributed by atoms with Gasteiger partial charge in [-0.2, -0.15) is 0 Å².